The molecule has 0 aliphatic carbocycles. The molecule has 5 heteroatoms. The SMILES string of the molecule is COc1cc(C(O)c2ccnc(C)n2)ccc1Cl. The van der Waals surface area contributed by atoms with Crippen molar-refractivity contribution in [3.63, 3.8) is 0 Å². The molecule has 0 aliphatic heterocycles. The standard InChI is InChI=1S/C13H13ClN2O2/c1-8-15-6-5-11(16-8)13(17)9-3-4-10(14)12(7-9)18-2/h3-7,13,17H,1-2H3. The maximum Gasteiger partial charge on any atom is 0.137 e. The number of aliphatic hydroxyl groups is 1. The van der Waals surface area contributed by atoms with Gasteiger partial charge >= 0.3 is 0 Å². The zero-order valence-corrected chi connectivity index (χ0v) is 10.8. The zero-order chi connectivity index (χ0) is 13.1. The van der Waals surface area contributed by atoms with E-state index in [0.717, 1.165) is 0 Å². The number of aliphatic hydroxyl groups excluding tert-OH is 1. The summed E-state index contributed by atoms with van der Waals surface area (Å²) in [4.78, 5) is 8.19. The number of ether oxygens (including phenoxy) is 1. The zero-order valence-electron chi connectivity index (χ0n) is 10.1. The lowest BCUT2D eigenvalue weighted by Gasteiger charge is -2.12. The minimum atomic E-state index is -0.821. The summed E-state index contributed by atoms with van der Waals surface area (Å²) in [5.74, 6) is 1.14. The lowest BCUT2D eigenvalue weighted by molar-refractivity contribution is 0.214. The third-order valence-electron chi connectivity index (χ3n) is 2.57. The van der Waals surface area contributed by atoms with E-state index in [0.29, 0.717) is 27.9 Å². The van der Waals surface area contributed by atoms with E-state index in [1.807, 2.05) is 0 Å². The summed E-state index contributed by atoms with van der Waals surface area (Å²) in [6.45, 7) is 1.78. The Labute approximate surface area is 110 Å². The fourth-order valence-corrected chi connectivity index (χ4v) is 1.84. The van der Waals surface area contributed by atoms with Crippen molar-refractivity contribution in [2.75, 3.05) is 7.11 Å². The molecule has 1 aromatic heterocycles. The van der Waals surface area contributed by atoms with Gasteiger partial charge in [-0.3, -0.25) is 0 Å². The van der Waals surface area contributed by atoms with Gasteiger partial charge in [-0.25, -0.2) is 9.97 Å². The van der Waals surface area contributed by atoms with Crippen LogP contribution >= 0.6 is 11.6 Å². The summed E-state index contributed by atoms with van der Waals surface area (Å²) in [5.41, 5.74) is 1.22. The smallest absolute Gasteiger partial charge is 0.137 e. The van der Waals surface area contributed by atoms with Crippen LogP contribution in [0.4, 0.5) is 0 Å². The van der Waals surface area contributed by atoms with Crippen LogP contribution in [0.2, 0.25) is 5.02 Å². The van der Waals surface area contributed by atoms with Crippen LogP contribution in [-0.4, -0.2) is 22.2 Å². The third kappa shape index (κ3) is 2.60. The average Bonchev–Trinajstić information content (AvgIpc) is 2.38. The van der Waals surface area contributed by atoms with Gasteiger partial charge in [-0.2, -0.15) is 0 Å². The first-order valence-corrected chi connectivity index (χ1v) is 5.80. The predicted molar refractivity (Wildman–Crippen MR) is 68.8 cm³/mol. The van der Waals surface area contributed by atoms with Crippen LogP contribution in [-0.2, 0) is 0 Å². The summed E-state index contributed by atoms with van der Waals surface area (Å²) in [7, 11) is 1.53. The fraction of sp³-hybridized carbons (Fsp3) is 0.231. The minimum Gasteiger partial charge on any atom is -0.495 e. The monoisotopic (exact) mass is 264 g/mol. The second-order valence-electron chi connectivity index (χ2n) is 3.83. The van der Waals surface area contributed by atoms with Gasteiger partial charge < -0.3 is 9.84 Å². The molecule has 4 nitrogen and oxygen atoms in total. The second-order valence-corrected chi connectivity index (χ2v) is 4.23. The Hall–Kier alpha value is -1.65. The highest BCUT2D eigenvalue weighted by atomic mass is 35.5. The summed E-state index contributed by atoms with van der Waals surface area (Å²) >= 11 is 5.94. The Kier molecular flexibility index (Phi) is 3.79. The average molecular weight is 265 g/mol. The Morgan fingerprint density at radius 3 is 2.78 bits per heavy atom. The van der Waals surface area contributed by atoms with E-state index in [2.05, 4.69) is 9.97 Å². The van der Waals surface area contributed by atoms with Gasteiger partial charge in [0.05, 0.1) is 17.8 Å². The fourth-order valence-electron chi connectivity index (χ4n) is 1.64. The lowest BCUT2D eigenvalue weighted by Crippen LogP contribution is -2.04. The Balaban J connectivity index is 2.36. The first-order chi connectivity index (χ1) is 8.61. The van der Waals surface area contributed by atoms with Crippen molar-refractivity contribution in [3.05, 3.63) is 52.6 Å². The molecule has 0 saturated carbocycles. The van der Waals surface area contributed by atoms with E-state index in [-0.39, 0.29) is 0 Å². The van der Waals surface area contributed by atoms with E-state index in [1.165, 1.54) is 7.11 Å². The van der Waals surface area contributed by atoms with Gasteiger partial charge in [-0.1, -0.05) is 17.7 Å². The number of hydrogen-bond donors (Lipinski definition) is 1. The highest BCUT2D eigenvalue weighted by Gasteiger charge is 2.14. The molecule has 1 N–H and O–H groups in total. The number of nitrogens with zero attached hydrogens (tertiary/aromatic N) is 2. The first-order valence-electron chi connectivity index (χ1n) is 5.43. The lowest BCUT2D eigenvalue weighted by atomic mass is 10.1. The van der Waals surface area contributed by atoms with Gasteiger partial charge in [0.1, 0.15) is 17.7 Å². The van der Waals surface area contributed by atoms with Crippen LogP contribution in [0.5, 0.6) is 5.75 Å². The van der Waals surface area contributed by atoms with Crippen LogP contribution in [0.15, 0.2) is 30.5 Å². The maximum absolute atomic E-state index is 10.2. The van der Waals surface area contributed by atoms with E-state index in [4.69, 9.17) is 16.3 Å². The normalized spacial score (nSPS) is 12.2. The topological polar surface area (TPSA) is 55.2 Å². The maximum atomic E-state index is 10.2. The molecular weight excluding hydrogens is 252 g/mol. The molecule has 2 rings (SSSR count). The summed E-state index contributed by atoms with van der Waals surface area (Å²) in [6, 6.07) is 6.81. The van der Waals surface area contributed by atoms with E-state index < -0.39 is 6.10 Å². The molecule has 1 aromatic carbocycles. The number of aromatic nitrogens is 2. The molecule has 0 spiro atoms. The number of halogens is 1. The molecule has 1 heterocycles. The van der Waals surface area contributed by atoms with Gasteiger partial charge in [-0.05, 0) is 30.7 Å². The van der Waals surface area contributed by atoms with E-state index >= 15 is 0 Å². The Morgan fingerprint density at radius 1 is 1.33 bits per heavy atom. The Morgan fingerprint density at radius 2 is 2.11 bits per heavy atom. The van der Waals surface area contributed by atoms with Crippen molar-refractivity contribution in [1.29, 1.82) is 0 Å². The Bertz CT molecular complexity index is 560. The van der Waals surface area contributed by atoms with Gasteiger partial charge in [0.15, 0.2) is 0 Å². The molecule has 0 amide bonds. The van der Waals surface area contributed by atoms with Gasteiger partial charge in [-0.15, -0.1) is 0 Å². The van der Waals surface area contributed by atoms with Crippen molar-refractivity contribution in [2.45, 2.75) is 13.0 Å². The van der Waals surface area contributed by atoms with Crippen molar-refractivity contribution in [3.8, 4) is 5.75 Å². The third-order valence-corrected chi connectivity index (χ3v) is 2.88. The quantitative estimate of drug-likeness (QED) is 0.926. The number of rotatable bonds is 3. The minimum absolute atomic E-state index is 0.507. The first kappa shape index (κ1) is 12.8. The van der Waals surface area contributed by atoms with Gasteiger partial charge in [0, 0.05) is 6.20 Å². The number of methoxy groups -OCH3 is 1. The molecule has 0 bridgehead atoms. The van der Waals surface area contributed by atoms with Crippen LogP contribution < -0.4 is 4.74 Å². The highest BCUT2D eigenvalue weighted by molar-refractivity contribution is 6.32. The molecule has 0 saturated heterocycles. The van der Waals surface area contributed by atoms with Crippen molar-refractivity contribution < 1.29 is 9.84 Å². The number of hydrogen-bond acceptors (Lipinski definition) is 4. The van der Waals surface area contributed by atoms with E-state index in [9.17, 15) is 5.11 Å². The molecule has 94 valence electrons. The predicted octanol–water partition coefficient (Wildman–Crippen LogP) is 2.53. The molecule has 18 heavy (non-hydrogen) atoms. The van der Waals surface area contributed by atoms with Crippen LogP contribution in [0.1, 0.15) is 23.2 Å². The molecule has 0 aliphatic rings. The van der Waals surface area contributed by atoms with Crippen LogP contribution in [0, 0.1) is 6.92 Å². The molecular formula is C13H13ClN2O2. The molecule has 1 atom stereocenters. The van der Waals surface area contributed by atoms with Crippen molar-refractivity contribution in [1.82, 2.24) is 9.97 Å². The molecule has 2 aromatic rings. The van der Waals surface area contributed by atoms with Crippen molar-refractivity contribution in [2.24, 2.45) is 0 Å². The summed E-state index contributed by atoms with van der Waals surface area (Å²) < 4.78 is 5.12. The molecule has 1 unspecified atom stereocenters. The highest BCUT2D eigenvalue weighted by Crippen LogP contribution is 2.29. The van der Waals surface area contributed by atoms with E-state index in [1.54, 1.807) is 37.4 Å². The largest absolute Gasteiger partial charge is 0.495 e. The summed E-state index contributed by atoms with van der Waals surface area (Å²) in [6.07, 6.45) is 0.798. The summed E-state index contributed by atoms with van der Waals surface area (Å²) in [5, 5.41) is 10.7. The molecule has 0 radical (unpaired) electrons. The number of aryl methyl sites for hydroxylation is 1. The van der Waals surface area contributed by atoms with Crippen LogP contribution in [0.25, 0.3) is 0 Å². The second kappa shape index (κ2) is 5.33. The van der Waals surface area contributed by atoms with Crippen molar-refractivity contribution >= 4 is 11.6 Å². The number of benzene rings is 1. The van der Waals surface area contributed by atoms with Crippen LogP contribution in [0.3, 0.4) is 0 Å². The molecule has 0 fully saturated rings. The van der Waals surface area contributed by atoms with Gasteiger partial charge in [0.25, 0.3) is 0 Å². The van der Waals surface area contributed by atoms with Gasteiger partial charge in [0.2, 0.25) is 0 Å².